The standard InChI is InChI=1S/C25H35NO4/c1-6-10-18(2)17-30-21-15-13-19(14-16-21)22(24(3,4)28)26-23(27)25(5,29)20-11-8-7-9-12-20/h7-9,11-16,18,22,28-29H,6,10,17H2,1-5H3,(H,26,27)/t18-,22-,25-/m1/s1/i3D3,4D3. The molecule has 2 aromatic rings. The molecule has 0 bridgehead atoms. The molecule has 0 spiro atoms. The van der Waals surface area contributed by atoms with Gasteiger partial charge in [0.15, 0.2) is 5.60 Å². The fourth-order valence-electron chi connectivity index (χ4n) is 3.17. The Morgan fingerprint density at radius 3 is 2.33 bits per heavy atom. The van der Waals surface area contributed by atoms with Crippen LogP contribution in [0.25, 0.3) is 0 Å². The molecule has 0 aliphatic heterocycles. The summed E-state index contributed by atoms with van der Waals surface area (Å²) in [6, 6.07) is 11.8. The summed E-state index contributed by atoms with van der Waals surface area (Å²) in [4.78, 5) is 13.2. The van der Waals surface area contributed by atoms with Gasteiger partial charge in [-0.3, -0.25) is 4.79 Å². The highest BCUT2D eigenvalue weighted by atomic mass is 16.5. The molecule has 2 rings (SSSR count). The van der Waals surface area contributed by atoms with Crippen molar-refractivity contribution in [2.75, 3.05) is 6.61 Å². The molecular weight excluding hydrogens is 378 g/mol. The van der Waals surface area contributed by atoms with Crippen LogP contribution in [-0.4, -0.2) is 28.3 Å². The summed E-state index contributed by atoms with van der Waals surface area (Å²) < 4.78 is 52.9. The third kappa shape index (κ3) is 6.31. The molecule has 164 valence electrons. The second kappa shape index (κ2) is 10.1. The van der Waals surface area contributed by atoms with Crippen LogP contribution in [-0.2, 0) is 10.4 Å². The fraction of sp³-hybridized carbons (Fsp3) is 0.480. The highest BCUT2D eigenvalue weighted by molar-refractivity contribution is 5.86. The van der Waals surface area contributed by atoms with Crippen LogP contribution < -0.4 is 10.1 Å². The fourth-order valence-corrected chi connectivity index (χ4v) is 3.17. The van der Waals surface area contributed by atoms with Gasteiger partial charge in [0, 0.05) is 8.22 Å². The zero-order valence-electron chi connectivity index (χ0n) is 23.7. The van der Waals surface area contributed by atoms with Gasteiger partial charge in [-0.05, 0) is 56.2 Å². The molecule has 0 saturated heterocycles. The first-order valence-electron chi connectivity index (χ1n) is 13.1. The van der Waals surface area contributed by atoms with Crippen LogP contribution in [0.5, 0.6) is 5.75 Å². The Hall–Kier alpha value is -2.37. The molecule has 30 heavy (non-hydrogen) atoms. The lowest BCUT2D eigenvalue weighted by molar-refractivity contribution is -0.141. The van der Waals surface area contributed by atoms with Crippen molar-refractivity contribution in [1.82, 2.24) is 5.32 Å². The van der Waals surface area contributed by atoms with Gasteiger partial charge in [-0.1, -0.05) is 62.7 Å². The Labute approximate surface area is 188 Å². The SMILES string of the molecule is [2H]C([2H])([2H])C(O)([C@H](NC(=O)[C@](C)(O)c1ccccc1)c1ccc(OC[C@H](C)CCC)cc1)C([2H])([2H])[2H]. The lowest BCUT2D eigenvalue weighted by atomic mass is 9.89. The van der Waals surface area contributed by atoms with Crippen molar-refractivity contribution < 1.29 is 28.0 Å². The minimum atomic E-state index is -3.42. The summed E-state index contributed by atoms with van der Waals surface area (Å²) in [6.45, 7) is -1.05. The second-order valence-electron chi connectivity index (χ2n) is 7.88. The molecule has 2 aromatic carbocycles. The normalized spacial score (nSPS) is 19.5. The highest BCUT2D eigenvalue weighted by Crippen LogP contribution is 2.29. The number of hydrogen-bond acceptors (Lipinski definition) is 4. The first-order valence-corrected chi connectivity index (χ1v) is 10.1. The van der Waals surface area contributed by atoms with Crippen LogP contribution in [0, 0.1) is 5.92 Å². The summed E-state index contributed by atoms with van der Waals surface area (Å²) in [5.41, 5.74) is -5.27. The van der Waals surface area contributed by atoms with Gasteiger partial charge in [-0.2, -0.15) is 0 Å². The van der Waals surface area contributed by atoms with E-state index in [2.05, 4.69) is 19.2 Å². The third-order valence-corrected chi connectivity index (χ3v) is 5.00. The number of rotatable bonds is 10. The lowest BCUT2D eigenvalue weighted by Gasteiger charge is -2.33. The number of ether oxygens (including phenoxy) is 1. The molecule has 5 nitrogen and oxygen atoms in total. The quantitative estimate of drug-likeness (QED) is 0.535. The molecule has 3 atom stereocenters. The Bertz CT molecular complexity index is 976. The van der Waals surface area contributed by atoms with Crippen molar-refractivity contribution in [3.63, 3.8) is 0 Å². The molecule has 0 heterocycles. The first-order chi connectivity index (χ1) is 16.6. The maximum Gasteiger partial charge on any atom is 0.256 e. The summed E-state index contributed by atoms with van der Waals surface area (Å²) >= 11 is 0. The summed E-state index contributed by atoms with van der Waals surface area (Å²) in [7, 11) is 0. The van der Waals surface area contributed by atoms with Crippen molar-refractivity contribution in [2.24, 2.45) is 5.92 Å². The van der Waals surface area contributed by atoms with E-state index < -0.39 is 36.9 Å². The van der Waals surface area contributed by atoms with E-state index in [4.69, 9.17) is 13.0 Å². The summed E-state index contributed by atoms with van der Waals surface area (Å²) in [5.74, 6) is -0.285. The molecule has 0 fully saturated rings. The predicted octanol–water partition coefficient (Wildman–Crippen LogP) is 4.34. The second-order valence-corrected chi connectivity index (χ2v) is 7.88. The Kier molecular flexibility index (Phi) is 5.50. The van der Waals surface area contributed by atoms with E-state index in [-0.39, 0.29) is 11.1 Å². The van der Waals surface area contributed by atoms with Gasteiger partial charge >= 0.3 is 0 Å². The molecule has 0 aliphatic rings. The molecule has 1 amide bonds. The van der Waals surface area contributed by atoms with E-state index >= 15 is 0 Å². The van der Waals surface area contributed by atoms with Gasteiger partial charge in [0.2, 0.25) is 0 Å². The van der Waals surface area contributed by atoms with Crippen LogP contribution in [0.2, 0.25) is 0 Å². The number of aliphatic hydroxyl groups is 2. The van der Waals surface area contributed by atoms with Gasteiger partial charge in [0.1, 0.15) is 5.75 Å². The van der Waals surface area contributed by atoms with Gasteiger partial charge in [0.05, 0.1) is 18.2 Å². The monoisotopic (exact) mass is 419 g/mol. The molecule has 0 radical (unpaired) electrons. The molecule has 0 aromatic heterocycles. The van der Waals surface area contributed by atoms with E-state index in [1.54, 1.807) is 18.2 Å². The molecule has 0 saturated carbocycles. The smallest absolute Gasteiger partial charge is 0.256 e. The van der Waals surface area contributed by atoms with Gasteiger partial charge in [0.25, 0.3) is 5.91 Å². The number of carbonyl (C=O) groups excluding carboxylic acids is 1. The van der Waals surface area contributed by atoms with Crippen LogP contribution in [0.4, 0.5) is 0 Å². The number of nitrogens with one attached hydrogen (secondary N) is 1. The van der Waals surface area contributed by atoms with Crippen molar-refractivity contribution >= 4 is 5.91 Å². The zero-order valence-corrected chi connectivity index (χ0v) is 17.7. The maximum absolute atomic E-state index is 13.2. The largest absolute Gasteiger partial charge is 0.493 e. The number of benzene rings is 2. The number of carbonyl (C=O) groups is 1. The summed E-state index contributed by atoms with van der Waals surface area (Å²) in [5, 5.41) is 24.5. The van der Waals surface area contributed by atoms with Crippen molar-refractivity contribution in [2.45, 2.75) is 64.6 Å². The van der Waals surface area contributed by atoms with E-state index in [1.807, 2.05) is 0 Å². The number of hydrogen-bond donors (Lipinski definition) is 3. The van der Waals surface area contributed by atoms with Crippen molar-refractivity contribution in [1.29, 1.82) is 0 Å². The minimum Gasteiger partial charge on any atom is -0.493 e. The minimum absolute atomic E-state index is 0.0240. The zero-order chi connectivity index (χ0) is 27.4. The van der Waals surface area contributed by atoms with Crippen LogP contribution in [0.15, 0.2) is 54.6 Å². The van der Waals surface area contributed by atoms with Gasteiger partial charge in [-0.15, -0.1) is 0 Å². The van der Waals surface area contributed by atoms with Gasteiger partial charge < -0.3 is 20.3 Å². The van der Waals surface area contributed by atoms with Crippen molar-refractivity contribution in [3.8, 4) is 5.75 Å². The van der Waals surface area contributed by atoms with Crippen LogP contribution >= 0.6 is 0 Å². The molecule has 0 aliphatic carbocycles. The average Bonchev–Trinajstić information content (AvgIpc) is 2.80. The van der Waals surface area contributed by atoms with E-state index in [1.165, 1.54) is 43.3 Å². The highest BCUT2D eigenvalue weighted by Gasteiger charge is 2.37. The summed E-state index contributed by atoms with van der Waals surface area (Å²) in [6.07, 6.45) is 2.00. The van der Waals surface area contributed by atoms with E-state index in [9.17, 15) is 15.0 Å². The molecule has 5 heteroatoms. The van der Waals surface area contributed by atoms with Crippen molar-refractivity contribution in [3.05, 3.63) is 65.7 Å². The third-order valence-electron chi connectivity index (χ3n) is 5.00. The molecular formula is C25H35NO4. The predicted molar refractivity (Wildman–Crippen MR) is 119 cm³/mol. The molecule has 0 unspecified atom stereocenters. The Morgan fingerprint density at radius 2 is 1.77 bits per heavy atom. The Morgan fingerprint density at radius 1 is 1.13 bits per heavy atom. The van der Waals surface area contributed by atoms with Crippen LogP contribution in [0.1, 0.15) is 72.7 Å². The average molecular weight is 420 g/mol. The topological polar surface area (TPSA) is 78.8 Å². The van der Waals surface area contributed by atoms with Gasteiger partial charge in [-0.25, -0.2) is 0 Å². The number of amides is 1. The van der Waals surface area contributed by atoms with E-state index in [0.717, 1.165) is 12.8 Å². The maximum atomic E-state index is 13.2. The lowest BCUT2D eigenvalue weighted by Crippen LogP contribution is -2.49. The first kappa shape index (κ1) is 16.3. The van der Waals surface area contributed by atoms with Crippen LogP contribution in [0.3, 0.4) is 0 Å². The molecule has 3 N–H and O–H groups in total. The Balaban J connectivity index is 2.49. The van der Waals surface area contributed by atoms with E-state index in [0.29, 0.717) is 18.3 Å².